The zero-order valence-corrected chi connectivity index (χ0v) is 9.12. The van der Waals surface area contributed by atoms with Crippen molar-refractivity contribution >= 4 is 0 Å². The summed E-state index contributed by atoms with van der Waals surface area (Å²) in [5.74, 6) is 0.968. The lowest BCUT2D eigenvalue weighted by Gasteiger charge is -2.13. The summed E-state index contributed by atoms with van der Waals surface area (Å²) in [6.45, 7) is 3.09. The molecule has 15 heavy (non-hydrogen) atoms. The van der Waals surface area contributed by atoms with Gasteiger partial charge < -0.3 is 15.4 Å². The predicted octanol–water partition coefficient (Wildman–Crippen LogP) is 1.15. The minimum Gasteiger partial charge on any atom is -0.496 e. The minimum atomic E-state index is 0.606. The maximum Gasteiger partial charge on any atom is 0.123 e. The molecule has 2 rings (SSSR count). The van der Waals surface area contributed by atoms with Crippen LogP contribution >= 0.6 is 0 Å². The SMILES string of the molecule is COc1ccccc1CNC1CCNC1. The van der Waals surface area contributed by atoms with Crippen LogP contribution in [0.15, 0.2) is 24.3 Å². The average molecular weight is 206 g/mol. The largest absolute Gasteiger partial charge is 0.496 e. The van der Waals surface area contributed by atoms with Crippen molar-refractivity contribution in [3.8, 4) is 5.75 Å². The summed E-state index contributed by atoms with van der Waals surface area (Å²) >= 11 is 0. The predicted molar refractivity (Wildman–Crippen MR) is 61.1 cm³/mol. The van der Waals surface area contributed by atoms with Gasteiger partial charge in [-0.15, -0.1) is 0 Å². The van der Waals surface area contributed by atoms with Gasteiger partial charge in [-0.2, -0.15) is 0 Å². The van der Waals surface area contributed by atoms with Crippen LogP contribution in [0, 0.1) is 0 Å². The standard InChI is InChI=1S/C12H18N2O/c1-15-12-5-3-2-4-10(12)8-14-11-6-7-13-9-11/h2-5,11,13-14H,6-9H2,1H3. The third kappa shape index (κ3) is 2.70. The third-order valence-electron chi connectivity index (χ3n) is 2.83. The van der Waals surface area contributed by atoms with Gasteiger partial charge in [0.1, 0.15) is 5.75 Å². The topological polar surface area (TPSA) is 33.3 Å². The molecule has 0 bridgehead atoms. The summed E-state index contributed by atoms with van der Waals surface area (Å²) < 4.78 is 5.30. The van der Waals surface area contributed by atoms with Crippen molar-refractivity contribution < 1.29 is 4.74 Å². The van der Waals surface area contributed by atoms with Crippen molar-refractivity contribution in [3.63, 3.8) is 0 Å². The second-order valence-corrected chi connectivity index (χ2v) is 3.88. The van der Waals surface area contributed by atoms with Crippen LogP contribution in [0.4, 0.5) is 0 Å². The van der Waals surface area contributed by atoms with Crippen LogP contribution in [0.5, 0.6) is 5.75 Å². The van der Waals surface area contributed by atoms with Gasteiger partial charge in [-0.05, 0) is 19.0 Å². The quantitative estimate of drug-likeness (QED) is 0.775. The maximum atomic E-state index is 5.30. The highest BCUT2D eigenvalue weighted by atomic mass is 16.5. The fraction of sp³-hybridized carbons (Fsp3) is 0.500. The normalized spacial score (nSPS) is 20.5. The third-order valence-corrected chi connectivity index (χ3v) is 2.83. The lowest BCUT2D eigenvalue weighted by molar-refractivity contribution is 0.405. The van der Waals surface area contributed by atoms with Gasteiger partial charge in [0.25, 0.3) is 0 Å². The summed E-state index contributed by atoms with van der Waals surface area (Å²) in [6, 6.07) is 8.76. The zero-order chi connectivity index (χ0) is 10.5. The molecule has 1 fully saturated rings. The number of hydrogen-bond acceptors (Lipinski definition) is 3. The van der Waals surface area contributed by atoms with Crippen LogP contribution in [0.2, 0.25) is 0 Å². The number of hydrogen-bond donors (Lipinski definition) is 2. The molecule has 1 aromatic carbocycles. The van der Waals surface area contributed by atoms with Gasteiger partial charge in [-0.1, -0.05) is 18.2 Å². The maximum absolute atomic E-state index is 5.30. The summed E-state index contributed by atoms with van der Waals surface area (Å²) in [7, 11) is 1.72. The first-order valence-electron chi connectivity index (χ1n) is 5.46. The molecule has 0 spiro atoms. The van der Waals surface area contributed by atoms with E-state index in [1.807, 2.05) is 18.2 Å². The Morgan fingerprint density at radius 1 is 1.47 bits per heavy atom. The van der Waals surface area contributed by atoms with E-state index in [-0.39, 0.29) is 0 Å². The van der Waals surface area contributed by atoms with Gasteiger partial charge in [0.15, 0.2) is 0 Å². The summed E-state index contributed by atoms with van der Waals surface area (Å²) in [6.07, 6.45) is 1.22. The van der Waals surface area contributed by atoms with E-state index >= 15 is 0 Å². The van der Waals surface area contributed by atoms with Crippen LogP contribution in [0.25, 0.3) is 0 Å². The Kier molecular flexibility index (Phi) is 3.59. The van der Waals surface area contributed by atoms with Crippen molar-refractivity contribution in [2.24, 2.45) is 0 Å². The molecule has 1 aliphatic rings. The van der Waals surface area contributed by atoms with E-state index < -0.39 is 0 Å². The van der Waals surface area contributed by atoms with Crippen LogP contribution < -0.4 is 15.4 Å². The van der Waals surface area contributed by atoms with E-state index in [0.29, 0.717) is 6.04 Å². The lowest BCUT2D eigenvalue weighted by Crippen LogP contribution is -2.30. The number of rotatable bonds is 4. The molecule has 0 saturated carbocycles. The molecule has 0 aliphatic carbocycles. The molecular weight excluding hydrogens is 188 g/mol. The highest BCUT2D eigenvalue weighted by molar-refractivity contribution is 5.33. The minimum absolute atomic E-state index is 0.606. The van der Waals surface area contributed by atoms with Crippen molar-refractivity contribution in [3.05, 3.63) is 29.8 Å². The van der Waals surface area contributed by atoms with Crippen LogP contribution in [-0.2, 0) is 6.54 Å². The number of benzene rings is 1. The number of ether oxygens (including phenoxy) is 1. The molecule has 0 amide bonds. The molecule has 1 saturated heterocycles. The summed E-state index contributed by atoms with van der Waals surface area (Å²) in [4.78, 5) is 0. The van der Waals surface area contributed by atoms with Crippen molar-refractivity contribution in [2.75, 3.05) is 20.2 Å². The van der Waals surface area contributed by atoms with E-state index in [1.165, 1.54) is 12.0 Å². The van der Waals surface area contributed by atoms with E-state index in [9.17, 15) is 0 Å². The Morgan fingerprint density at radius 3 is 3.07 bits per heavy atom. The first-order valence-corrected chi connectivity index (χ1v) is 5.46. The summed E-state index contributed by atoms with van der Waals surface area (Å²) in [5, 5.41) is 6.87. The zero-order valence-electron chi connectivity index (χ0n) is 9.12. The van der Waals surface area contributed by atoms with E-state index in [1.54, 1.807) is 7.11 Å². The lowest BCUT2D eigenvalue weighted by atomic mass is 10.2. The molecular formula is C12H18N2O. The van der Waals surface area contributed by atoms with Gasteiger partial charge in [0.05, 0.1) is 7.11 Å². The molecule has 1 atom stereocenters. The van der Waals surface area contributed by atoms with Crippen LogP contribution in [0.3, 0.4) is 0 Å². The molecule has 0 aromatic heterocycles. The summed E-state index contributed by atoms with van der Waals surface area (Å²) in [5.41, 5.74) is 1.23. The fourth-order valence-electron chi connectivity index (χ4n) is 1.93. The monoisotopic (exact) mass is 206 g/mol. The van der Waals surface area contributed by atoms with E-state index in [0.717, 1.165) is 25.4 Å². The van der Waals surface area contributed by atoms with Crippen molar-refractivity contribution in [2.45, 2.75) is 19.0 Å². The Balaban J connectivity index is 1.91. The second-order valence-electron chi connectivity index (χ2n) is 3.88. The fourth-order valence-corrected chi connectivity index (χ4v) is 1.93. The number of para-hydroxylation sites is 1. The second kappa shape index (κ2) is 5.14. The molecule has 3 heteroatoms. The molecule has 2 N–H and O–H groups in total. The number of nitrogens with one attached hydrogen (secondary N) is 2. The van der Waals surface area contributed by atoms with Gasteiger partial charge in [0, 0.05) is 24.7 Å². The van der Waals surface area contributed by atoms with Gasteiger partial charge in [-0.3, -0.25) is 0 Å². The Morgan fingerprint density at radius 2 is 2.33 bits per heavy atom. The molecule has 3 nitrogen and oxygen atoms in total. The number of methoxy groups -OCH3 is 1. The highest BCUT2D eigenvalue weighted by Gasteiger charge is 2.13. The van der Waals surface area contributed by atoms with Crippen molar-refractivity contribution in [1.82, 2.24) is 10.6 Å². The first kappa shape index (κ1) is 10.5. The van der Waals surface area contributed by atoms with Crippen LogP contribution in [0.1, 0.15) is 12.0 Å². The highest BCUT2D eigenvalue weighted by Crippen LogP contribution is 2.17. The Labute approximate surface area is 90.8 Å². The van der Waals surface area contributed by atoms with Gasteiger partial charge >= 0.3 is 0 Å². The van der Waals surface area contributed by atoms with Crippen LogP contribution in [-0.4, -0.2) is 26.2 Å². The van der Waals surface area contributed by atoms with Crippen molar-refractivity contribution in [1.29, 1.82) is 0 Å². The first-order chi connectivity index (χ1) is 7.40. The van der Waals surface area contributed by atoms with Gasteiger partial charge in [0.2, 0.25) is 0 Å². The smallest absolute Gasteiger partial charge is 0.123 e. The average Bonchev–Trinajstić information content (AvgIpc) is 2.79. The van der Waals surface area contributed by atoms with Gasteiger partial charge in [-0.25, -0.2) is 0 Å². The Hall–Kier alpha value is -1.06. The van der Waals surface area contributed by atoms with E-state index in [4.69, 9.17) is 4.74 Å². The molecule has 1 aliphatic heterocycles. The molecule has 1 aromatic rings. The molecule has 82 valence electrons. The Bertz CT molecular complexity index is 308. The molecule has 0 radical (unpaired) electrons. The molecule has 1 unspecified atom stereocenters. The molecule has 1 heterocycles. The van der Waals surface area contributed by atoms with E-state index in [2.05, 4.69) is 16.7 Å².